The average Bonchev–Trinajstić information content (AvgIpc) is 2.84. The molecule has 0 radical (unpaired) electrons. The zero-order chi connectivity index (χ0) is 18.2. The molecule has 7 nitrogen and oxygen atoms in total. The smallest absolute Gasteiger partial charge is 0.350 e. The molecule has 0 saturated carbocycles. The van der Waals surface area contributed by atoms with Gasteiger partial charge in [0, 0.05) is 25.7 Å². The third-order valence-electron chi connectivity index (χ3n) is 3.40. The lowest BCUT2D eigenvalue weighted by Crippen LogP contribution is -2.42. The van der Waals surface area contributed by atoms with Crippen LogP contribution in [0.5, 0.6) is 0 Å². The quantitative estimate of drug-likeness (QED) is 0.514. The van der Waals surface area contributed by atoms with E-state index in [0.29, 0.717) is 10.8 Å². The van der Waals surface area contributed by atoms with E-state index in [1.165, 1.54) is 20.0 Å². The first-order chi connectivity index (χ1) is 11.7. The van der Waals surface area contributed by atoms with Gasteiger partial charge in [0.25, 0.3) is 5.79 Å². The molecule has 25 heavy (non-hydrogen) atoms. The van der Waals surface area contributed by atoms with Gasteiger partial charge < -0.3 is 14.8 Å². The van der Waals surface area contributed by atoms with Crippen molar-refractivity contribution < 1.29 is 19.1 Å². The number of hydrogen-bond donors (Lipinski definition) is 1. The zero-order valence-electron chi connectivity index (χ0n) is 13.9. The Morgan fingerprint density at radius 3 is 2.28 bits per heavy atom. The van der Waals surface area contributed by atoms with Gasteiger partial charge in [0.1, 0.15) is 5.15 Å². The first-order valence-electron chi connectivity index (χ1n) is 7.51. The van der Waals surface area contributed by atoms with E-state index in [2.05, 4.69) is 10.4 Å². The van der Waals surface area contributed by atoms with Crippen molar-refractivity contribution in [2.45, 2.75) is 26.6 Å². The summed E-state index contributed by atoms with van der Waals surface area (Å²) in [5.74, 6) is -2.72. The van der Waals surface area contributed by atoms with Crippen molar-refractivity contribution >= 4 is 29.2 Å². The van der Waals surface area contributed by atoms with Crippen molar-refractivity contribution in [3.05, 3.63) is 53.0 Å². The molecule has 3 rings (SSSR count). The summed E-state index contributed by atoms with van der Waals surface area (Å²) in [5, 5.41) is 7.68. The van der Waals surface area contributed by atoms with E-state index in [0.717, 1.165) is 11.4 Å². The summed E-state index contributed by atoms with van der Waals surface area (Å²) in [6.07, 6.45) is 1.26. The number of nitrogens with zero attached hydrogens (tertiary/aromatic N) is 2. The molecular weight excluding hydrogens is 346 g/mol. The predicted molar refractivity (Wildman–Crippen MR) is 91.3 cm³/mol. The third kappa shape index (κ3) is 3.66. The van der Waals surface area contributed by atoms with E-state index in [1.54, 1.807) is 35.0 Å². The van der Waals surface area contributed by atoms with Crippen molar-refractivity contribution in [1.29, 1.82) is 0 Å². The number of carbonyl (C=O) groups excluding carboxylic acids is 2. The number of rotatable bonds is 3. The topological polar surface area (TPSA) is 82.5 Å². The fourth-order valence-electron chi connectivity index (χ4n) is 2.28. The van der Waals surface area contributed by atoms with Crippen LogP contribution in [0, 0.1) is 6.92 Å². The molecule has 1 saturated heterocycles. The SMILES string of the molecule is Cc1cc(Cl)n(-c2ccc(NC=C3C(=O)OC(C)(C)OC3=O)cc2)n1. The Bertz CT molecular complexity index is 847. The molecule has 0 amide bonds. The highest BCUT2D eigenvalue weighted by atomic mass is 35.5. The fourth-order valence-corrected chi connectivity index (χ4v) is 2.58. The van der Waals surface area contributed by atoms with E-state index in [-0.39, 0.29) is 5.57 Å². The number of esters is 2. The molecule has 1 aliphatic heterocycles. The molecule has 2 heterocycles. The van der Waals surface area contributed by atoms with Gasteiger partial charge >= 0.3 is 11.9 Å². The van der Waals surface area contributed by atoms with Gasteiger partial charge in [-0.2, -0.15) is 5.10 Å². The zero-order valence-corrected chi connectivity index (χ0v) is 14.6. The van der Waals surface area contributed by atoms with Crippen LogP contribution >= 0.6 is 11.6 Å². The van der Waals surface area contributed by atoms with Crippen LogP contribution < -0.4 is 5.32 Å². The minimum atomic E-state index is -1.26. The van der Waals surface area contributed by atoms with Crippen LogP contribution in [-0.4, -0.2) is 27.5 Å². The molecule has 8 heteroatoms. The van der Waals surface area contributed by atoms with E-state index in [4.69, 9.17) is 21.1 Å². The van der Waals surface area contributed by atoms with Gasteiger partial charge in [-0.05, 0) is 37.3 Å². The Balaban J connectivity index is 1.75. The normalized spacial score (nSPS) is 16.2. The highest BCUT2D eigenvalue weighted by Gasteiger charge is 2.38. The standard InChI is InChI=1S/C17H16ClN3O4/c1-10-8-14(18)21(20-10)12-6-4-11(5-7-12)19-9-13-15(22)24-17(2,3)25-16(13)23/h4-9,19H,1-3H3. The lowest BCUT2D eigenvalue weighted by atomic mass is 10.2. The summed E-state index contributed by atoms with van der Waals surface area (Å²) >= 11 is 6.11. The van der Waals surface area contributed by atoms with Crippen molar-refractivity contribution in [3.63, 3.8) is 0 Å². The Hall–Kier alpha value is -2.80. The minimum absolute atomic E-state index is 0.200. The Morgan fingerprint density at radius 2 is 1.76 bits per heavy atom. The van der Waals surface area contributed by atoms with Gasteiger partial charge in [-0.1, -0.05) is 11.6 Å². The van der Waals surface area contributed by atoms with E-state index < -0.39 is 17.7 Å². The van der Waals surface area contributed by atoms with Crippen molar-refractivity contribution in [1.82, 2.24) is 9.78 Å². The van der Waals surface area contributed by atoms with Crippen molar-refractivity contribution in [2.24, 2.45) is 0 Å². The Labute approximate surface area is 149 Å². The molecule has 2 aromatic rings. The third-order valence-corrected chi connectivity index (χ3v) is 3.67. The summed E-state index contributed by atoms with van der Waals surface area (Å²) in [7, 11) is 0. The first-order valence-corrected chi connectivity index (χ1v) is 7.89. The lowest BCUT2D eigenvalue weighted by Gasteiger charge is -2.29. The van der Waals surface area contributed by atoms with Gasteiger partial charge in [0.2, 0.25) is 0 Å². The molecule has 1 aromatic heterocycles. The number of aromatic nitrogens is 2. The number of hydrogen-bond acceptors (Lipinski definition) is 6. The van der Waals surface area contributed by atoms with E-state index in [1.807, 2.05) is 6.92 Å². The predicted octanol–water partition coefficient (Wildman–Crippen LogP) is 2.97. The fraction of sp³-hybridized carbons (Fsp3) is 0.235. The van der Waals surface area contributed by atoms with Gasteiger partial charge in [0.05, 0.1) is 11.4 Å². The maximum Gasteiger partial charge on any atom is 0.350 e. The molecule has 0 unspecified atom stereocenters. The number of nitrogens with one attached hydrogen (secondary N) is 1. The number of ether oxygens (including phenoxy) is 2. The summed E-state index contributed by atoms with van der Waals surface area (Å²) in [5.41, 5.74) is 2.07. The maximum atomic E-state index is 11.9. The minimum Gasteiger partial charge on any atom is -0.419 e. The molecule has 130 valence electrons. The van der Waals surface area contributed by atoms with Gasteiger partial charge in [-0.3, -0.25) is 0 Å². The molecule has 0 bridgehead atoms. The molecule has 0 aliphatic carbocycles. The lowest BCUT2D eigenvalue weighted by molar-refractivity contribution is -0.222. The molecular formula is C17H16ClN3O4. The summed E-state index contributed by atoms with van der Waals surface area (Å²) in [6, 6.07) is 8.91. The Morgan fingerprint density at radius 1 is 1.16 bits per heavy atom. The summed E-state index contributed by atoms with van der Waals surface area (Å²) in [6.45, 7) is 4.84. The van der Waals surface area contributed by atoms with E-state index >= 15 is 0 Å². The number of cyclic esters (lactones) is 2. The molecule has 1 fully saturated rings. The van der Waals surface area contributed by atoms with Crippen LogP contribution in [0.2, 0.25) is 5.15 Å². The average molecular weight is 362 g/mol. The Kier molecular flexibility index (Phi) is 4.26. The number of carbonyl (C=O) groups is 2. The first kappa shape index (κ1) is 17.0. The second-order valence-corrected chi connectivity index (χ2v) is 6.34. The molecule has 0 spiro atoms. The van der Waals surface area contributed by atoms with Crippen LogP contribution in [0.25, 0.3) is 5.69 Å². The highest BCUT2D eigenvalue weighted by Crippen LogP contribution is 2.23. The van der Waals surface area contributed by atoms with E-state index in [9.17, 15) is 9.59 Å². The van der Waals surface area contributed by atoms with Crippen LogP contribution in [0.3, 0.4) is 0 Å². The van der Waals surface area contributed by atoms with Crippen molar-refractivity contribution in [3.8, 4) is 5.69 Å². The second-order valence-electron chi connectivity index (χ2n) is 5.95. The number of halogens is 1. The largest absolute Gasteiger partial charge is 0.419 e. The highest BCUT2D eigenvalue weighted by molar-refractivity contribution is 6.29. The number of aryl methyl sites for hydroxylation is 1. The van der Waals surface area contributed by atoms with Gasteiger partial charge in [0.15, 0.2) is 5.57 Å². The second kappa shape index (κ2) is 6.25. The van der Waals surface area contributed by atoms with Gasteiger partial charge in [-0.25, -0.2) is 14.3 Å². The van der Waals surface area contributed by atoms with Crippen LogP contribution in [0.15, 0.2) is 42.1 Å². The monoisotopic (exact) mass is 361 g/mol. The maximum absolute atomic E-state index is 11.9. The molecule has 1 aliphatic rings. The van der Waals surface area contributed by atoms with Crippen LogP contribution in [-0.2, 0) is 19.1 Å². The van der Waals surface area contributed by atoms with Crippen molar-refractivity contribution in [2.75, 3.05) is 5.32 Å². The molecule has 1 aromatic carbocycles. The molecule has 0 atom stereocenters. The number of anilines is 1. The summed E-state index contributed by atoms with van der Waals surface area (Å²) < 4.78 is 11.7. The van der Waals surface area contributed by atoms with Gasteiger partial charge in [-0.15, -0.1) is 0 Å². The molecule has 1 N–H and O–H groups in total. The summed E-state index contributed by atoms with van der Waals surface area (Å²) in [4.78, 5) is 23.7. The van der Waals surface area contributed by atoms with Crippen LogP contribution in [0.4, 0.5) is 5.69 Å². The number of benzene rings is 1. The van der Waals surface area contributed by atoms with Crippen LogP contribution in [0.1, 0.15) is 19.5 Å².